The second-order valence-corrected chi connectivity index (χ2v) is 8.56. The van der Waals surface area contributed by atoms with Crippen LogP contribution in [0.3, 0.4) is 0 Å². The SMILES string of the molecule is CCCCC(=O)Nc1ccc(C(=O)NNC(=S)NC(=O)c2cccc(OCCC(C)C)c2)cc1. The second kappa shape index (κ2) is 13.9. The molecule has 3 amide bonds. The van der Waals surface area contributed by atoms with Gasteiger partial charge >= 0.3 is 0 Å². The van der Waals surface area contributed by atoms with Crippen LogP contribution in [0.5, 0.6) is 5.75 Å². The Hall–Kier alpha value is -3.46. The number of carbonyl (C=O) groups is 3. The third kappa shape index (κ3) is 9.58. The third-order valence-electron chi connectivity index (χ3n) is 4.77. The van der Waals surface area contributed by atoms with Crippen molar-refractivity contribution >= 4 is 40.7 Å². The highest BCUT2D eigenvalue weighted by molar-refractivity contribution is 7.80. The van der Waals surface area contributed by atoms with E-state index in [9.17, 15) is 14.4 Å². The van der Waals surface area contributed by atoms with Crippen molar-refractivity contribution in [3.05, 3.63) is 59.7 Å². The predicted molar refractivity (Wildman–Crippen MR) is 137 cm³/mol. The van der Waals surface area contributed by atoms with Gasteiger partial charge in [-0.2, -0.15) is 0 Å². The molecule has 0 aliphatic heterocycles. The summed E-state index contributed by atoms with van der Waals surface area (Å²) in [5.41, 5.74) is 6.31. The number of anilines is 1. The van der Waals surface area contributed by atoms with Gasteiger partial charge < -0.3 is 10.1 Å². The normalized spacial score (nSPS) is 10.4. The highest BCUT2D eigenvalue weighted by atomic mass is 32.1. The van der Waals surface area contributed by atoms with Crippen molar-refractivity contribution < 1.29 is 19.1 Å². The number of benzene rings is 2. The van der Waals surface area contributed by atoms with Gasteiger partial charge in [0.25, 0.3) is 11.8 Å². The topological polar surface area (TPSA) is 109 Å². The van der Waals surface area contributed by atoms with Crippen molar-refractivity contribution in [3.63, 3.8) is 0 Å². The van der Waals surface area contributed by atoms with Gasteiger partial charge in [0.15, 0.2) is 5.11 Å². The van der Waals surface area contributed by atoms with E-state index in [1.807, 2.05) is 6.92 Å². The fourth-order valence-corrected chi connectivity index (χ4v) is 2.94. The molecule has 0 spiro atoms. The minimum Gasteiger partial charge on any atom is -0.494 e. The highest BCUT2D eigenvalue weighted by Gasteiger charge is 2.11. The fourth-order valence-electron chi connectivity index (χ4n) is 2.80. The molecule has 0 aliphatic carbocycles. The minimum absolute atomic E-state index is 0.0516. The molecule has 34 heavy (non-hydrogen) atoms. The number of thiocarbonyl (C=S) groups is 1. The van der Waals surface area contributed by atoms with Gasteiger partial charge in [0.2, 0.25) is 5.91 Å². The molecule has 0 fully saturated rings. The van der Waals surface area contributed by atoms with Gasteiger partial charge in [-0.1, -0.05) is 33.3 Å². The zero-order valence-electron chi connectivity index (χ0n) is 19.8. The quantitative estimate of drug-likeness (QED) is 0.297. The Kier molecular flexibility index (Phi) is 11.0. The molecule has 0 bridgehead atoms. The maximum Gasteiger partial charge on any atom is 0.269 e. The molecule has 0 aliphatic rings. The molecule has 0 radical (unpaired) electrons. The van der Waals surface area contributed by atoms with E-state index in [1.165, 1.54) is 0 Å². The summed E-state index contributed by atoms with van der Waals surface area (Å²) in [6, 6.07) is 13.3. The summed E-state index contributed by atoms with van der Waals surface area (Å²) < 4.78 is 5.68. The third-order valence-corrected chi connectivity index (χ3v) is 4.97. The van der Waals surface area contributed by atoms with Gasteiger partial charge in [-0.05, 0) is 73.4 Å². The number of carbonyl (C=O) groups excluding carboxylic acids is 3. The maximum absolute atomic E-state index is 12.5. The largest absolute Gasteiger partial charge is 0.494 e. The van der Waals surface area contributed by atoms with E-state index in [0.717, 1.165) is 19.3 Å². The van der Waals surface area contributed by atoms with Crippen molar-refractivity contribution in [3.8, 4) is 5.75 Å². The molecule has 182 valence electrons. The number of ether oxygens (including phenoxy) is 1. The summed E-state index contributed by atoms with van der Waals surface area (Å²) in [7, 11) is 0. The molecule has 0 aromatic heterocycles. The summed E-state index contributed by atoms with van der Waals surface area (Å²) in [5.74, 6) is 0.199. The fraction of sp³-hybridized carbons (Fsp3) is 0.360. The first-order valence-electron chi connectivity index (χ1n) is 11.3. The molecule has 2 aromatic carbocycles. The van der Waals surface area contributed by atoms with Gasteiger partial charge in [0.05, 0.1) is 6.61 Å². The van der Waals surface area contributed by atoms with Crippen molar-refractivity contribution in [2.75, 3.05) is 11.9 Å². The average Bonchev–Trinajstić information content (AvgIpc) is 2.81. The lowest BCUT2D eigenvalue weighted by atomic mass is 10.1. The van der Waals surface area contributed by atoms with E-state index in [4.69, 9.17) is 17.0 Å². The number of nitrogens with one attached hydrogen (secondary N) is 4. The van der Waals surface area contributed by atoms with E-state index in [2.05, 4.69) is 35.3 Å². The first-order chi connectivity index (χ1) is 16.3. The van der Waals surface area contributed by atoms with E-state index in [-0.39, 0.29) is 11.0 Å². The molecular formula is C25H32N4O4S. The zero-order valence-corrected chi connectivity index (χ0v) is 20.6. The van der Waals surface area contributed by atoms with Crippen LogP contribution in [0.2, 0.25) is 0 Å². The standard InChI is InChI=1S/C25H32N4O4S/c1-4-5-9-22(30)26-20-12-10-18(11-13-20)24(32)28-29-25(34)27-23(31)19-7-6-8-21(16-19)33-15-14-17(2)3/h6-8,10-13,16-17H,4-5,9,14-15H2,1-3H3,(H,26,30)(H,28,32)(H2,27,29,31,34). The van der Waals surface area contributed by atoms with Crippen LogP contribution in [-0.4, -0.2) is 29.4 Å². The number of hydrogen-bond acceptors (Lipinski definition) is 5. The molecule has 4 N–H and O–H groups in total. The number of amides is 3. The molecule has 0 saturated heterocycles. The van der Waals surface area contributed by atoms with E-state index in [0.29, 0.717) is 41.5 Å². The zero-order chi connectivity index (χ0) is 24.9. The van der Waals surface area contributed by atoms with Gasteiger partial charge in [-0.3, -0.25) is 30.6 Å². The van der Waals surface area contributed by atoms with E-state index < -0.39 is 11.8 Å². The summed E-state index contributed by atoms with van der Waals surface area (Å²) >= 11 is 5.10. The van der Waals surface area contributed by atoms with E-state index in [1.54, 1.807) is 48.5 Å². The number of hydrogen-bond donors (Lipinski definition) is 4. The Bertz CT molecular complexity index is 993. The molecular weight excluding hydrogens is 452 g/mol. The minimum atomic E-state index is -0.444. The Morgan fingerprint density at radius 1 is 0.971 bits per heavy atom. The molecule has 2 aromatic rings. The number of hydrazine groups is 1. The Morgan fingerprint density at radius 2 is 1.71 bits per heavy atom. The summed E-state index contributed by atoms with van der Waals surface area (Å²) in [6.45, 7) is 6.82. The molecule has 8 nitrogen and oxygen atoms in total. The van der Waals surface area contributed by atoms with Crippen LogP contribution in [0.1, 0.15) is 67.2 Å². The Labute approximate surface area is 205 Å². The molecule has 0 saturated carbocycles. The van der Waals surface area contributed by atoms with Crippen LogP contribution in [0, 0.1) is 5.92 Å². The van der Waals surface area contributed by atoms with Crippen molar-refractivity contribution in [1.82, 2.24) is 16.2 Å². The summed E-state index contributed by atoms with van der Waals surface area (Å²) in [4.78, 5) is 36.6. The first-order valence-corrected chi connectivity index (χ1v) is 11.7. The van der Waals surface area contributed by atoms with Crippen LogP contribution in [-0.2, 0) is 4.79 Å². The summed E-state index contributed by atoms with van der Waals surface area (Å²) in [5, 5.41) is 5.25. The van der Waals surface area contributed by atoms with Crippen LogP contribution >= 0.6 is 12.2 Å². The predicted octanol–water partition coefficient (Wildman–Crippen LogP) is 4.19. The van der Waals surface area contributed by atoms with Crippen molar-refractivity contribution in [2.45, 2.75) is 46.5 Å². The number of unbranched alkanes of at least 4 members (excludes halogenated alkanes) is 1. The average molecular weight is 485 g/mol. The molecule has 0 unspecified atom stereocenters. The smallest absolute Gasteiger partial charge is 0.269 e. The lowest BCUT2D eigenvalue weighted by Crippen LogP contribution is -2.48. The van der Waals surface area contributed by atoms with Crippen LogP contribution in [0.15, 0.2) is 48.5 Å². The van der Waals surface area contributed by atoms with Crippen molar-refractivity contribution in [1.29, 1.82) is 0 Å². The lowest BCUT2D eigenvalue weighted by Gasteiger charge is -2.12. The van der Waals surface area contributed by atoms with Gasteiger partial charge in [-0.15, -0.1) is 0 Å². The van der Waals surface area contributed by atoms with Crippen LogP contribution in [0.25, 0.3) is 0 Å². The van der Waals surface area contributed by atoms with Gasteiger partial charge in [-0.25, -0.2) is 0 Å². The second-order valence-electron chi connectivity index (χ2n) is 8.15. The highest BCUT2D eigenvalue weighted by Crippen LogP contribution is 2.14. The van der Waals surface area contributed by atoms with Gasteiger partial charge in [0.1, 0.15) is 5.75 Å². The van der Waals surface area contributed by atoms with Crippen LogP contribution < -0.4 is 26.2 Å². The summed E-state index contributed by atoms with van der Waals surface area (Å²) in [6.07, 6.45) is 3.15. The Morgan fingerprint density at radius 3 is 2.38 bits per heavy atom. The Balaban J connectivity index is 1.80. The molecule has 0 atom stereocenters. The first kappa shape index (κ1) is 26.8. The molecule has 2 rings (SSSR count). The maximum atomic E-state index is 12.5. The van der Waals surface area contributed by atoms with Crippen LogP contribution in [0.4, 0.5) is 5.69 Å². The van der Waals surface area contributed by atoms with Crippen molar-refractivity contribution in [2.24, 2.45) is 5.92 Å². The van der Waals surface area contributed by atoms with Gasteiger partial charge in [0, 0.05) is 23.2 Å². The number of rotatable bonds is 10. The molecule has 9 heteroatoms. The molecule has 0 heterocycles. The monoisotopic (exact) mass is 484 g/mol. The van der Waals surface area contributed by atoms with E-state index >= 15 is 0 Å². The lowest BCUT2D eigenvalue weighted by molar-refractivity contribution is -0.116.